The number of halogens is 3. The van der Waals surface area contributed by atoms with E-state index in [1.54, 1.807) is 12.1 Å². The molecule has 4 aromatic carbocycles. The topological polar surface area (TPSA) is 25.8 Å². The van der Waals surface area contributed by atoms with Crippen LogP contribution in [0.2, 0.25) is 5.28 Å². The summed E-state index contributed by atoms with van der Waals surface area (Å²) in [7, 11) is 0. The van der Waals surface area contributed by atoms with Gasteiger partial charge in [0.25, 0.3) is 0 Å². The first-order valence-corrected chi connectivity index (χ1v) is 19.3. The van der Waals surface area contributed by atoms with Crippen LogP contribution in [-0.2, 0) is 6.16 Å². The Morgan fingerprint density at radius 2 is 1.26 bits per heavy atom. The molecule has 0 saturated carbocycles. The first-order chi connectivity index (χ1) is 18.5. The Bertz CT molecular complexity index is 1440. The fourth-order valence-electron chi connectivity index (χ4n) is 4.36. The van der Waals surface area contributed by atoms with Gasteiger partial charge in [-0.15, -0.1) is 0 Å². The zero-order chi connectivity index (χ0) is 26.5. The second-order valence-electron chi connectivity index (χ2n) is 9.08. The zero-order valence-electron chi connectivity index (χ0n) is 21.2. The van der Waals surface area contributed by atoms with Gasteiger partial charge in [0.2, 0.25) is 0 Å². The normalized spacial score (nSPS) is 12.4. The SMILES string of the molecule is CC(C)c1nc(Cl)nc(-c2ccc(F)cc2)c1CP(c1ccccc1)I(c1ccccc1)c1ccccc1. The summed E-state index contributed by atoms with van der Waals surface area (Å²) in [5.41, 5.74) is 3.08. The van der Waals surface area contributed by atoms with Crippen LogP contribution in [0.1, 0.15) is 31.0 Å². The maximum absolute atomic E-state index is 13.9. The molecular formula is C32H28ClFIN2P. The van der Waals surface area contributed by atoms with Crippen molar-refractivity contribution in [1.82, 2.24) is 9.97 Å². The Balaban J connectivity index is 1.74. The van der Waals surface area contributed by atoms with Crippen molar-refractivity contribution in [2.45, 2.75) is 25.9 Å². The van der Waals surface area contributed by atoms with Crippen molar-refractivity contribution < 1.29 is 4.39 Å². The van der Waals surface area contributed by atoms with Crippen LogP contribution in [0, 0.1) is 13.0 Å². The molecule has 0 radical (unpaired) electrons. The predicted molar refractivity (Wildman–Crippen MR) is 168 cm³/mol. The van der Waals surface area contributed by atoms with E-state index in [2.05, 4.69) is 105 Å². The van der Waals surface area contributed by atoms with Gasteiger partial charge in [0.05, 0.1) is 0 Å². The van der Waals surface area contributed by atoms with Crippen LogP contribution in [0.15, 0.2) is 115 Å². The number of rotatable bonds is 8. The van der Waals surface area contributed by atoms with E-state index >= 15 is 0 Å². The standard InChI is InChI=1S/C32H28ClFIN2P/c1-23(2)30-29(31(37-32(33)36-30)24-18-20-25(34)21-19-24)22-38(28-16-10-5-11-17-28)35(26-12-6-3-7-13-26)27-14-8-4-9-15-27/h3-21,23H,22H2,1-2H3. The molecular weight excluding hydrogens is 625 g/mol. The van der Waals surface area contributed by atoms with Crippen molar-refractivity contribution in [2.75, 3.05) is 0 Å². The molecule has 0 spiro atoms. The molecule has 5 aromatic rings. The molecule has 2 nitrogen and oxygen atoms in total. The van der Waals surface area contributed by atoms with Gasteiger partial charge in [0, 0.05) is 0 Å². The number of benzene rings is 4. The summed E-state index contributed by atoms with van der Waals surface area (Å²) in [6.07, 6.45) is 0.825. The van der Waals surface area contributed by atoms with E-state index in [9.17, 15) is 4.39 Å². The summed E-state index contributed by atoms with van der Waals surface area (Å²) in [6, 6.07) is 39.4. The quantitative estimate of drug-likeness (QED) is 0.0948. The first-order valence-electron chi connectivity index (χ1n) is 12.5. The molecule has 0 aliphatic rings. The maximum atomic E-state index is 13.9. The third-order valence-corrected chi connectivity index (χ3v) is 20.7. The van der Waals surface area contributed by atoms with Crippen molar-refractivity contribution in [3.05, 3.63) is 145 Å². The summed E-state index contributed by atoms with van der Waals surface area (Å²) in [4.78, 5) is 9.46. The van der Waals surface area contributed by atoms with Crippen LogP contribution in [0.25, 0.3) is 11.3 Å². The molecule has 1 aromatic heterocycles. The van der Waals surface area contributed by atoms with E-state index in [-0.39, 0.29) is 17.0 Å². The van der Waals surface area contributed by atoms with Crippen molar-refractivity contribution in [2.24, 2.45) is 0 Å². The van der Waals surface area contributed by atoms with Crippen molar-refractivity contribution in [1.29, 1.82) is 0 Å². The van der Waals surface area contributed by atoms with Gasteiger partial charge in [0.1, 0.15) is 0 Å². The average molecular weight is 653 g/mol. The molecule has 192 valence electrons. The van der Waals surface area contributed by atoms with Crippen LogP contribution < -0.4 is 5.30 Å². The van der Waals surface area contributed by atoms with Crippen molar-refractivity contribution in [3.63, 3.8) is 0 Å². The van der Waals surface area contributed by atoms with Gasteiger partial charge in [-0.25, -0.2) is 0 Å². The van der Waals surface area contributed by atoms with E-state index in [1.807, 2.05) is 0 Å². The molecule has 0 aliphatic heterocycles. The van der Waals surface area contributed by atoms with E-state index in [0.717, 1.165) is 28.7 Å². The van der Waals surface area contributed by atoms with Gasteiger partial charge in [-0.2, -0.15) is 0 Å². The number of hydrogen-bond acceptors (Lipinski definition) is 2. The molecule has 5 rings (SSSR count). The van der Waals surface area contributed by atoms with E-state index in [1.165, 1.54) is 24.6 Å². The molecule has 1 atom stereocenters. The Morgan fingerprint density at radius 1 is 0.737 bits per heavy atom. The summed E-state index contributed by atoms with van der Waals surface area (Å²) in [5, 5.41) is 1.59. The van der Waals surface area contributed by atoms with Crippen LogP contribution >= 0.6 is 36.4 Å². The van der Waals surface area contributed by atoms with Gasteiger partial charge in [0.15, 0.2) is 0 Å². The zero-order valence-corrected chi connectivity index (χ0v) is 25.0. The van der Waals surface area contributed by atoms with Crippen LogP contribution in [0.3, 0.4) is 0 Å². The minimum atomic E-state index is -1.97. The van der Waals surface area contributed by atoms with Crippen molar-refractivity contribution >= 4 is 41.7 Å². The third kappa shape index (κ3) is 6.14. The molecule has 0 aliphatic carbocycles. The molecule has 0 N–H and O–H groups in total. The molecule has 38 heavy (non-hydrogen) atoms. The second kappa shape index (κ2) is 12.5. The fourth-order valence-corrected chi connectivity index (χ4v) is 19.7. The molecule has 0 amide bonds. The number of nitrogens with zero attached hydrogens (tertiary/aromatic N) is 2. The summed E-state index contributed by atoms with van der Waals surface area (Å²) < 4.78 is 16.7. The summed E-state index contributed by atoms with van der Waals surface area (Å²) >= 11 is 4.50. The minimum absolute atomic E-state index is 0.160. The summed E-state index contributed by atoms with van der Waals surface area (Å²) in [5.74, 6) is -0.110. The van der Waals surface area contributed by atoms with Gasteiger partial charge in [-0.05, 0) is 0 Å². The van der Waals surface area contributed by atoms with Gasteiger partial charge in [-0.1, -0.05) is 0 Å². The van der Waals surface area contributed by atoms with Crippen LogP contribution in [0.4, 0.5) is 4.39 Å². The fraction of sp³-hybridized carbons (Fsp3) is 0.125. The summed E-state index contributed by atoms with van der Waals surface area (Å²) in [6.45, 7) is 4.29. The van der Waals surface area contributed by atoms with E-state index in [4.69, 9.17) is 21.6 Å². The molecule has 1 heterocycles. The van der Waals surface area contributed by atoms with E-state index in [0.29, 0.717) is 0 Å². The number of hydrogen-bond donors (Lipinski definition) is 0. The Hall–Kier alpha value is -2.66. The second-order valence-corrected chi connectivity index (χ2v) is 20.7. The molecule has 0 fully saturated rings. The van der Waals surface area contributed by atoms with Gasteiger partial charge in [-0.3, -0.25) is 0 Å². The molecule has 0 saturated heterocycles. The monoisotopic (exact) mass is 652 g/mol. The molecule has 1 unspecified atom stereocenters. The van der Waals surface area contributed by atoms with E-state index < -0.39 is 24.8 Å². The molecule has 0 bridgehead atoms. The van der Waals surface area contributed by atoms with Crippen molar-refractivity contribution in [3.8, 4) is 11.3 Å². The van der Waals surface area contributed by atoms with Gasteiger partial charge < -0.3 is 0 Å². The molecule has 6 heteroatoms. The van der Waals surface area contributed by atoms with Crippen LogP contribution in [0.5, 0.6) is 0 Å². The predicted octanol–water partition coefficient (Wildman–Crippen LogP) is 9.53. The van der Waals surface area contributed by atoms with Gasteiger partial charge >= 0.3 is 238 Å². The average Bonchev–Trinajstić information content (AvgIpc) is 2.95. The number of aromatic nitrogens is 2. The van der Waals surface area contributed by atoms with Crippen LogP contribution in [-0.4, -0.2) is 9.97 Å². The third-order valence-electron chi connectivity index (χ3n) is 6.09. The first kappa shape index (κ1) is 26.9. The Labute approximate surface area is 236 Å². The Morgan fingerprint density at radius 3 is 1.79 bits per heavy atom. The Kier molecular flexibility index (Phi) is 8.83.